The van der Waals surface area contributed by atoms with Crippen LogP contribution >= 0.6 is 23.1 Å². The van der Waals surface area contributed by atoms with Crippen molar-refractivity contribution >= 4 is 56.5 Å². The van der Waals surface area contributed by atoms with E-state index in [1.54, 1.807) is 11.3 Å². The van der Waals surface area contributed by atoms with Crippen LogP contribution in [0.2, 0.25) is 0 Å². The number of fused-ring (bicyclic) bond motifs is 2. The van der Waals surface area contributed by atoms with E-state index in [9.17, 15) is 9.59 Å². The van der Waals surface area contributed by atoms with Crippen molar-refractivity contribution in [2.75, 3.05) is 16.4 Å². The van der Waals surface area contributed by atoms with Gasteiger partial charge in [-0.1, -0.05) is 24.3 Å². The lowest BCUT2D eigenvalue weighted by atomic mass is 9.82. The van der Waals surface area contributed by atoms with Gasteiger partial charge in [0.25, 0.3) is 0 Å². The maximum Gasteiger partial charge on any atom is 0.234 e. The molecule has 2 aliphatic rings. The molecule has 2 N–H and O–H groups in total. The predicted molar refractivity (Wildman–Crippen MR) is 119 cm³/mol. The average molecular weight is 422 g/mol. The number of thioether (sulfide) groups is 1. The number of thiazole rings is 1. The first-order valence-electron chi connectivity index (χ1n) is 9.55. The Labute approximate surface area is 176 Å². The zero-order chi connectivity index (χ0) is 19.8. The topological polar surface area (TPSA) is 71.1 Å². The summed E-state index contributed by atoms with van der Waals surface area (Å²) >= 11 is 3.19. The molecule has 2 aromatic carbocycles. The fourth-order valence-corrected chi connectivity index (χ4v) is 5.76. The molecule has 1 aliphatic heterocycles. The number of para-hydroxylation sites is 1. The Morgan fingerprint density at radius 1 is 1.14 bits per heavy atom. The molecule has 2 heterocycles. The number of aromatic nitrogens is 1. The number of nitrogens with zero attached hydrogens (tertiary/aromatic N) is 1. The molecule has 0 radical (unpaired) electrons. The minimum absolute atomic E-state index is 0.00616. The average Bonchev–Trinajstić information content (AvgIpc) is 3.17. The number of anilines is 2. The first-order valence-corrected chi connectivity index (χ1v) is 11.4. The van der Waals surface area contributed by atoms with Gasteiger partial charge in [-0.15, -0.1) is 23.1 Å². The molecule has 2 unspecified atom stereocenters. The third kappa shape index (κ3) is 3.68. The summed E-state index contributed by atoms with van der Waals surface area (Å²) in [6, 6.07) is 13.8. The van der Waals surface area contributed by atoms with Gasteiger partial charge in [-0.25, -0.2) is 4.98 Å². The fraction of sp³-hybridized carbons (Fsp3) is 0.227. The van der Waals surface area contributed by atoms with E-state index in [-0.39, 0.29) is 23.7 Å². The third-order valence-corrected chi connectivity index (χ3v) is 7.52. The van der Waals surface area contributed by atoms with Crippen molar-refractivity contribution in [3.8, 4) is 0 Å². The van der Waals surface area contributed by atoms with Gasteiger partial charge in [0.15, 0.2) is 0 Å². The van der Waals surface area contributed by atoms with Gasteiger partial charge in [0.2, 0.25) is 11.8 Å². The fourth-order valence-electron chi connectivity index (χ4n) is 3.82. The van der Waals surface area contributed by atoms with Gasteiger partial charge in [0, 0.05) is 16.5 Å². The summed E-state index contributed by atoms with van der Waals surface area (Å²) in [5.74, 6) is 0.315. The normalized spacial score (nSPS) is 20.9. The summed E-state index contributed by atoms with van der Waals surface area (Å²) in [6.45, 7) is 0. The number of nitrogens with one attached hydrogen (secondary N) is 2. The summed E-state index contributed by atoms with van der Waals surface area (Å²) < 4.78 is 1.15. The highest BCUT2D eigenvalue weighted by Gasteiger charge is 2.32. The van der Waals surface area contributed by atoms with Crippen LogP contribution in [0.5, 0.6) is 0 Å². The van der Waals surface area contributed by atoms with Crippen LogP contribution in [0.3, 0.4) is 0 Å². The monoisotopic (exact) mass is 421 g/mol. The van der Waals surface area contributed by atoms with E-state index in [1.807, 2.05) is 36.4 Å². The zero-order valence-electron chi connectivity index (χ0n) is 15.6. The standard InChI is InChI=1S/C22H19N3O2S2/c26-20-12-28-18-10-9-13(11-17(18)24-20)23-21(27)14-5-1-2-6-15(14)22-25-16-7-3-4-8-19(16)29-22/h1-4,7-11,14-15H,5-6,12H2,(H,23,27)(H,24,26). The molecular formula is C22H19N3O2S2. The first-order chi connectivity index (χ1) is 14.2. The van der Waals surface area contributed by atoms with Crippen LogP contribution in [0.1, 0.15) is 23.8 Å². The van der Waals surface area contributed by atoms with Gasteiger partial charge >= 0.3 is 0 Å². The van der Waals surface area contributed by atoms with Gasteiger partial charge in [-0.3, -0.25) is 9.59 Å². The van der Waals surface area contributed by atoms with E-state index in [2.05, 4.69) is 28.9 Å². The third-order valence-electron chi connectivity index (χ3n) is 5.28. The van der Waals surface area contributed by atoms with Gasteiger partial charge in [-0.05, 0) is 43.2 Å². The number of carbonyl (C=O) groups excluding carboxylic acids is 2. The molecule has 0 saturated heterocycles. The van der Waals surface area contributed by atoms with Crippen LogP contribution in [0, 0.1) is 5.92 Å². The second kappa shape index (κ2) is 7.65. The number of hydrogen-bond donors (Lipinski definition) is 2. The lowest BCUT2D eigenvalue weighted by Gasteiger charge is -2.26. The van der Waals surface area contributed by atoms with E-state index >= 15 is 0 Å². The Morgan fingerprint density at radius 3 is 2.90 bits per heavy atom. The number of hydrogen-bond acceptors (Lipinski definition) is 5. The highest BCUT2D eigenvalue weighted by Crippen LogP contribution is 2.39. The maximum atomic E-state index is 13.1. The zero-order valence-corrected chi connectivity index (χ0v) is 17.2. The predicted octanol–water partition coefficient (Wildman–Crippen LogP) is 5.03. The van der Waals surface area contributed by atoms with Crippen LogP contribution < -0.4 is 10.6 Å². The molecule has 1 aliphatic carbocycles. The summed E-state index contributed by atoms with van der Waals surface area (Å²) in [5.41, 5.74) is 2.45. The molecule has 0 fully saturated rings. The summed E-state index contributed by atoms with van der Waals surface area (Å²) in [6.07, 6.45) is 5.74. The van der Waals surface area contributed by atoms with Gasteiger partial charge in [0.05, 0.1) is 32.6 Å². The summed E-state index contributed by atoms with van der Waals surface area (Å²) in [4.78, 5) is 30.6. The highest BCUT2D eigenvalue weighted by molar-refractivity contribution is 8.00. The molecule has 5 nitrogen and oxygen atoms in total. The van der Waals surface area contributed by atoms with Crippen molar-refractivity contribution in [1.29, 1.82) is 0 Å². The number of rotatable bonds is 3. The van der Waals surface area contributed by atoms with E-state index in [4.69, 9.17) is 4.98 Å². The van der Waals surface area contributed by atoms with E-state index in [1.165, 1.54) is 11.8 Å². The van der Waals surface area contributed by atoms with Crippen LogP contribution in [-0.4, -0.2) is 22.6 Å². The van der Waals surface area contributed by atoms with Gasteiger partial charge in [-0.2, -0.15) is 0 Å². The maximum absolute atomic E-state index is 13.1. The molecule has 0 saturated carbocycles. The van der Waals surface area contributed by atoms with Gasteiger partial charge in [0.1, 0.15) is 0 Å². The Morgan fingerprint density at radius 2 is 2.00 bits per heavy atom. The molecule has 146 valence electrons. The van der Waals surface area contributed by atoms with Crippen molar-refractivity contribution in [3.05, 3.63) is 59.6 Å². The minimum Gasteiger partial charge on any atom is -0.326 e. The highest BCUT2D eigenvalue weighted by atomic mass is 32.2. The largest absolute Gasteiger partial charge is 0.326 e. The van der Waals surface area contributed by atoms with Crippen molar-refractivity contribution in [2.24, 2.45) is 5.92 Å². The van der Waals surface area contributed by atoms with E-state index in [0.29, 0.717) is 17.9 Å². The van der Waals surface area contributed by atoms with Crippen LogP contribution in [-0.2, 0) is 9.59 Å². The number of allylic oxidation sites excluding steroid dienone is 2. The quantitative estimate of drug-likeness (QED) is 0.582. The summed E-state index contributed by atoms with van der Waals surface area (Å²) in [7, 11) is 0. The van der Waals surface area contributed by atoms with E-state index in [0.717, 1.165) is 32.2 Å². The Bertz CT molecular complexity index is 1110. The minimum atomic E-state index is -0.166. The second-order valence-corrected chi connectivity index (χ2v) is 9.29. The molecule has 0 spiro atoms. The van der Waals surface area contributed by atoms with Crippen molar-refractivity contribution in [2.45, 2.75) is 23.7 Å². The molecule has 7 heteroatoms. The van der Waals surface area contributed by atoms with Crippen LogP contribution in [0.25, 0.3) is 10.2 Å². The number of benzene rings is 2. The number of amides is 2. The number of carbonyl (C=O) groups is 2. The Hall–Kier alpha value is -2.64. The van der Waals surface area contributed by atoms with Crippen molar-refractivity contribution in [1.82, 2.24) is 4.98 Å². The lowest BCUT2D eigenvalue weighted by Crippen LogP contribution is -2.29. The molecule has 2 atom stereocenters. The first kappa shape index (κ1) is 18.4. The Kier molecular flexibility index (Phi) is 4.85. The SMILES string of the molecule is O=C1CSc2ccc(NC(=O)C3CC=CCC3c3nc4ccccc4s3)cc2N1. The second-order valence-electron chi connectivity index (χ2n) is 7.21. The molecule has 29 heavy (non-hydrogen) atoms. The van der Waals surface area contributed by atoms with Crippen LogP contribution in [0.15, 0.2) is 59.5 Å². The van der Waals surface area contributed by atoms with E-state index < -0.39 is 0 Å². The van der Waals surface area contributed by atoms with Crippen LogP contribution in [0.4, 0.5) is 11.4 Å². The molecule has 2 amide bonds. The smallest absolute Gasteiger partial charge is 0.234 e. The summed E-state index contributed by atoms with van der Waals surface area (Å²) in [5, 5.41) is 6.94. The lowest BCUT2D eigenvalue weighted by molar-refractivity contribution is -0.120. The molecular weight excluding hydrogens is 402 g/mol. The molecule has 0 bridgehead atoms. The molecule has 1 aromatic heterocycles. The van der Waals surface area contributed by atoms with Crippen molar-refractivity contribution in [3.63, 3.8) is 0 Å². The molecule has 5 rings (SSSR count). The molecule has 3 aromatic rings. The van der Waals surface area contributed by atoms with Crippen molar-refractivity contribution < 1.29 is 9.59 Å². The van der Waals surface area contributed by atoms with Gasteiger partial charge < -0.3 is 10.6 Å². The Balaban J connectivity index is 1.38.